The number of rotatable bonds is 5. The second-order valence-electron chi connectivity index (χ2n) is 5.16. The van der Waals surface area contributed by atoms with Gasteiger partial charge in [0, 0.05) is 35.3 Å². The van der Waals surface area contributed by atoms with Crippen LogP contribution in [0.3, 0.4) is 0 Å². The van der Waals surface area contributed by atoms with Crippen LogP contribution >= 0.6 is 35.6 Å². The predicted molar refractivity (Wildman–Crippen MR) is 92.3 cm³/mol. The first-order valence-electron chi connectivity index (χ1n) is 7.17. The summed E-state index contributed by atoms with van der Waals surface area (Å²) in [7, 11) is 0. The summed E-state index contributed by atoms with van der Waals surface area (Å²) in [5, 5.41) is 0.955. The molecule has 124 valence electrons. The number of carbonyl (C=O) groups excluding carboxylic acids is 1. The van der Waals surface area contributed by atoms with Crippen LogP contribution in [0, 0.1) is 0 Å². The lowest BCUT2D eigenvalue weighted by molar-refractivity contribution is 0.00845. The van der Waals surface area contributed by atoms with E-state index in [1.807, 2.05) is 4.90 Å². The van der Waals surface area contributed by atoms with Crippen molar-refractivity contribution in [3.63, 3.8) is 0 Å². The largest absolute Gasteiger partial charge is 0.378 e. The molecule has 2 N–H and O–H groups in total. The van der Waals surface area contributed by atoms with Crippen molar-refractivity contribution in [3.8, 4) is 0 Å². The van der Waals surface area contributed by atoms with Crippen molar-refractivity contribution in [2.75, 3.05) is 26.2 Å². The highest BCUT2D eigenvalue weighted by atomic mass is 35.5. The number of likely N-dealkylation sites (tertiary alicyclic amines) is 1. The van der Waals surface area contributed by atoms with E-state index in [1.54, 1.807) is 18.2 Å². The Hall–Kier alpha value is -0.520. The van der Waals surface area contributed by atoms with Crippen molar-refractivity contribution in [2.45, 2.75) is 25.4 Å². The maximum Gasteiger partial charge on any atom is 0.253 e. The van der Waals surface area contributed by atoms with E-state index in [1.165, 1.54) is 0 Å². The van der Waals surface area contributed by atoms with Crippen LogP contribution < -0.4 is 5.73 Å². The van der Waals surface area contributed by atoms with Gasteiger partial charge in [-0.15, -0.1) is 12.4 Å². The van der Waals surface area contributed by atoms with Gasteiger partial charge in [0.25, 0.3) is 5.91 Å². The molecule has 0 atom stereocenters. The molecule has 1 heterocycles. The number of benzene rings is 1. The molecule has 0 radical (unpaired) electrons. The number of carbonyl (C=O) groups is 1. The molecule has 1 amide bonds. The molecule has 1 aliphatic heterocycles. The van der Waals surface area contributed by atoms with E-state index in [-0.39, 0.29) is 24.4 Å². The number of ether oxygens (including phenoxy) is 1. The number of hydrogen-bond acceptors (Lipinski definition) is 3. The summed E-state index contributed by atoms with van der Waals surface area (Å²) < 4.78 is 5.74. The molecule has 4 nitrogen and oxygen atoms in total. The SMILES string of the molecule is Cl.NCCCOC1CCN(C(=O)c2cc(Cl)cc(Cl)c2)CC1. The Balaban J connectivity index is 0.00000242. The fraction of sp³-hybridized carbons (Fsp3) is 0.533. The van der Waals surface area contributed by atoms with Crippen LogP contribution in [0.2, 0.25) is 10.0 Å². The van der Waals surface area contributed by atoms with Gasteiger partial charge in [0.1, 0.15) is 0 Å². The second-order valence-corrected chi connectivity index (χ2v) is 6.04. The van der Waals surface area contributed by atoms with Gasteiger partial charge in [-0.3, -0.25) is 4.79 Å². The molecule has 2 rings (SSSR count). The van der Waals surface area contributed by atoms with Crippen molar-refractivity contribution in [3.05, 3.63) is 33.8 Å². The number of nitrogens with zero attached hydrogens (tertiary/aromatic N) is 1. The quantitative estimate of drug-likeness (QED) is 0.812. The molecule has 0 saturated carbocycles. The zero-order valence-electron chi connectivity index (χ0n) is 12.3. The average molecular weight is 368 g/mol. The molecule has 0 unspecified atom stereocenters. The molecule has 7 heteroatoms. The van der Waals surface area contributed by atoms with E-state index in [2.05, 4.69) is 0 Å². The molecule has 1 fully saturated rings. The van der Waals surface area contributed by atoms with Crippen molar-refractivity contribution in [1.82, 2.24) is 4.90 Å². The van der Waals surface area contributed by atoms with Gasteiger partial charge in [-0.1, -0.05) is 23.2 Å². The van der Waals surface area contributed by atoms with E-state index in [0.717, 1.165) is 19.3 Å². The molecular weight excluding hydrogens is 347 g/mol. The molecule has 1 saturated heterocycles. The third-order valence-corrected chi connectivity index (χ3v) is 3.98. The lowest BCUT2D eigenvalue weighted by atomic mass is 10.1. The minimum atomic E-state index is -0.0280. The van der Waals surface area contributed by atoms with E-state index < -0.39 is 0 Å². The first-order valence-corrected chi connectivity index (χ1v) is 7.93. The second kappa shape index (κ2) is 9.58. The van der Waals surface area contributed by atoms with Gasteiger partial charge in [-0.2, -0.15) is 0 Å². The lowest BCUT2D eigenvalue weighted by Crippen LogP contribution is -2.41. The molecule has 0 aromatic heterocycles. The molecule has 0 aliphatic carbocycles. The number of piperidine rings is 1. The van der Waals surface area contributed by atoms with Crippen LogP contribution in [0.5, 0.6) is 0 Å². The first kappa shape index (κ1) is 19.5. The maximum atomic E-state index is 12.4. The molecule has 0 bridgehead atoms. The fourth-order valence-corrected chi connectivity index (χ4v) is 2.94. The van der Waals surface area contributed by atoms with Gasteiger partial charge in [0.05, 0.1) is 6.10 Å². The van der Waals surface area contributed by atoms with Crippen molar-refractivity contribution < 1.29 is 9.53 Å². The van der Waals surface area contributed by atoms with E-state index in [9.17, 15) is 4.79 Å². The molecule has 1 aromatic rings. The Morgan fingerprint density at radius 3 is 2.36 bits per heavy atom. The zero-order valence-corrected chi connectivity index (χ0v) is 14.6. The highest BCUT2D eigenvalue weighted by Gasteiger charge is 2.24. The molecule has 1 aromatic carbocycles. The van der Waals surface area contributed by atoms with Gasteiger partial charge in [0.2, 0.25) is 0 Å². The van der Waals surface area contributed by atoms with Crippen LogP contribution in [0.15, 0.2) is 18.2 Å². The van der Waals surface area contributed by atoms with E-state index in [0.29, 0.717) is 41.8 Å². The number of hydrogen-bond donors (Lipinski definition) is 1. The Bertz CT molecular complexity index is 471. The monoisotopic (exact) mass is 366 g/mol. The van der Waals surface area contributed by atoms with Gasteiger partial charge in [-0.25, -0.2) is 0 Å². The van der Waals surface area contributed by atoms with Gasteiger partial charge in [0.15, 0.2) is 0 Å². The number of amides is 1. The summed E-state index contributed by atoms with van der Waals surface area (Å²) >= 11 is 11.9. The topological polar surface area (TPSA) is 55.6 Å². The number of halogens is 3. The Labute approximate surface area is 147 Å². The third kappa shape index (κ3) is 5.60. The molecule has 0 spiro atoms. The summed E-state index contributed by atoms with van der Waals surface area (Å²) in [5.41, 5.74) is 5.98. The minimum Gasteiger partial charge on any atom is -0.378 e. The summed E-state index contributed by atoms with van der Waals surface area (Å²) in [6.07, 6.45) is 2.80. The molecule has 1 aliphatic rings. The smallest absolute Gasteiger partial charge is 0.253 e. The lowest BCUT2D eigenvalue weighted by Gasteiger charge is -2.32. The first-order chi connectivity index (χ1) is 10.1. The summed E-state index contributed by atoms with van der Waals surface area (Å²) in [6.45, 7) is 2.72. The predicted octanol–water partition coefficient (Wildman–Crippen LogP) is 3.39. The Kier molecular flexibility index (Phi) is 8.50. The Morgan fingerprint density at radius 1 is 1.23 bits per heavy atom. The van der Waals surface area contributed by atoms with E-state index >= 15 is 0 Å². The molecule has 22 heavy (non-hydrogen) atoms. The standard InChI is InChI=1S/C15H20Cl2N2O2.ClH/c16-12-8-11(9-13(17)10-12)15(20)19-5-2-14(3-6-19)21-7-1-4-18;/h8-10,14H,1-7,18H2;1H. The number of nitrogens with two attached hydrogens (primary N) is 1. The van der Waals surface area contributed by atoms with Crippen molar-refractivity contribution in [1.29, 1.82) is 0 Å². The minimum absolute atomic E-state index is 0. The van der Waals surface area contributed by atoms with Crippen molar-refractivity contribution in [2.24, 2.45) is 5.73 Å². The zero-order chi connectivity index (χ0) is 15.2. The summed E-state index contributed by atoms with van der Waals surface area (Å²) in [4.78, 5) is 14.2. The molecular formula is C15H21Cl3N2O2. The highest BCUT2D eigenvalue weighted by molar-refractivity contribution is 6.35. The van der Waals surface area contributed by atoms with Gasteiger partial charge < -0.3 is 15.4 Å². The summed E-state index contributed by atoms with van der Waals surface area (Å²) in [6, 6.07) is 4.93. The third-order valence-electron chi connectivity index (χ3n) is 3.54. The summed E-state index contributed by atoms with van der Waals surface area (Å²) in [5.74, 6) is -0.0280. The van der Waals surface area contributed by atoms with Crippen LogP contribution in [0.4, 0.5) is 0 Å². The van der Waals surface area contributed by atoms with E-state index in [4.69, 9.17) is 33.7 Å². The normalized spacial score (nSPS) is 15.5. The average Bonchev–Trinajstić information content (AvgIpc) is 2.46. The maximum absolute atomic E-state index is 12.4. The van der Waals surface area contributed by atoms with Crippen LogP contribution in [-0.2, 0) is 4.74 Å². The van der Waals surface area contributed by atoms with Gasteiger partial charge >= 0.3 is 0 Å². The highest BCUT2D eigenvalue weighted by Crippen LogP contribution is 2.22. The van der Waals surface area contributed by atoms with Crippen LogP contribution in [-0.4, -0.2) is 43.2 Å². The fourth-order valence-electron chi connectivity index (χ4n) is 2.42. The van der Waals surface area contributed by atoms with Crippen LogP contribution in [0.25, 0.3) is 0 Å². The van der Waals surface area contributed by atoms with Crippen LogP contribution in [0.1, 0.15) is 29.6 Å². The Morgan fingerprint density at radius 2 is 1.82 bits per heavy atom. The van der Waals surface area contributed by atoms with Crippen molar-refractivity contribution >= 4 is 41.5 Å². The van der Waals surface area contributed by atoms with Gasteiger partial charge in [-0.05, 0) is 44.0 Å².